The van der Waals surface area contributed by atoms with Crippen LogP contribution in [-0.2, 0) is 36.6 Å². The van der Waals surface area contributed by atoms with Crippen LogP contribution < -0.4 is 10.1 Å². The number of nitrogens with one attached hydrogen (secondary N) is 1. The molecule has 3 rings (SSSR count). The van der Waals surface area contributed by atoms with Crippen LogP contribution in [0.25, 0.3) is 0 Å². The standard InChI is InChI=1S/C31H46F3N5O13/c32-31(33,34)22-15-21(51-29-28(48)27(47)26(46)23(18-41)52-29)2-1-20(22)19-50-30(49)35-3-4-36-5-6-37(13-14-40)8-10-39(17-25(44)45)12-11-38(9-7-36)16-24(42)43/h1-2,14-15,23,26-29,41,46-48H,3-13,16-19H2,(H,35,49)(H,42,43)(H,44,45). The fourth-order valence-electron chi connectivity index (χ4n) is 5.62. The Labute approximate surface area is 296 Å². The molecule has 5 atom stereocenters. The number of carbonyl (C=O) groups excluding carboxylic acids is 2. The third-order valence-corrected chi connectivity index (χ3v) is 8.52. The lowest BCUT2D eigenvalue weighted by Gasteiger charge is -2.39. The van der Waals surface area contributed by atoms with Crippen LogP contribution in [-0.4, -0.2) is 197 Å². The Balaban J connectivity index is 1.59. The fraction of sp³-hybridized carbons (Fsp3) is 0.677. The molecule has 2 fully saturated rings. The molecule has 0 aromatic heterocycles. The predicted octanol–water partition coefficient (Wildman–Crippen LogP) is -2.30. The van der Waals surface area contributed by atoms with Gasteiger partial charge in [-0.3, -0.25) is 29.2 Å². The summed E-state index contributed by atoms with van der Waals surface area (Å²) < 4.78 is 57.4. The molecule has 7 N–H and O–H groups in total. The largest absolute Gasteiger partial charge is 0.480 e. The van der Waals surface area contributed by atoms with Gasteiger partial charge in [0.25, 0.3) is 0 Å². The van der Waals surface area contributed by atoms with Gasteiger partial charge in [0.1, 0.15) is 43.1 Å². The van der Waals surface area contributed by atoms with Crippen molar-refractivity contribution in [2.45, 2.75) is 43.5 Å². The van der Waals surface area contributed by atoms with Gasteiger partial charge in [-0.2, -0.15) is 13.2 Å². The summed E-state index contributed by atoms with van der Waals surface area (Å²) in [5.74, 6) is -2.52. The molecule has 21 heteroatoms. The van der Waals surface area contributed by atoms with Crippen molar-refractivity contribution in [2.24, 2.45) is 0 Å². The van der Waals surface area contributed by atoms with Crippen molar-refractivity contribution >= 4 is 24.3 Å². The first-order valence-electron chi connectivity index (χ1n) is 16.5. The first-order valence-corrected chi connectivity index (χ1v) is 16.5. The number of aliphatic hydroxyl groups excluding tert-OH is 4. The topological polar surface area (TPSA) is 242 Å². The molecule has 1 aromatic carbocycles. The lowest BCUT2D eigenvalue weighted by molar-refractivity contribution is -0.277. The number of rotatable bonds is 14. The van der Waals surface area contributed by atoms with Gasteiger partial charge in [0, 0.05) is 71.0 Å². The van der Waals surface area contributed by atoms with E-state index in [1.807, 2.05) is 9.80 Å². The van der Waals surface area contributed by atoms with Gasteiger partial charge in [-0.15, -0.1) is 0 Å². The first-order chi connectivity index (χ1) is 24.6. The number of carbonyl (C=O) groups is 4. The highest BCUT2D eigenvalue weighted by molar-refractivity contribution is 5.69. The molecule has 2 heterocycles. The highest BCUT2D eigenvalue weighted by Crippen LogP contribution is 2.36. The Bertz CT molecular complexity index is 1330. The van der Waals surface area contributed by atoms with Gasteiger partial charge in [0.2, 0.25) is 6.29 Å². The second kappa shape index (κ2) is 20.5. The zero-order valence-electron chi connectivity index (χ0n) is 28.3. The van der Waals surface area contributed by atoms with E-state index in [1.165, 1.54) is 0 Å². The fourth-order valence-corrected chi connectivity index (χ4v) is 5.62. The minimum Gasteiger partial charge on any atom is -0.480 e. The van der Waals surface area contributed by atoms with E-state index in [9.17, 15) is 63.0 Å². The maximum absolute atomic E-state index is 14.0. The number of aliphatic carboxylic acids is 2. The molecule has 2 aliphatic rings. The van der Waals surface area contributed by atoms with Crippen LogP contribution in [0, 0.1) is 0 Å². The minimum atomic E-state index is -4.92. The zero-order valence-corrected chi connectivity index (χ0v) is 28.3. The first kappa shape index (κ1) is 42.7. The van der Waals surface area contributed by atoms with Crippen molar-refractivity contribution < 1.29 is 77.2 Å². The molecule has 0 aliphatic carbocycles. The number of aldehydes is 1. The summed E-state index contributed by atoms with van der Waals surface area (Å²) in [5.41, 5.74) is -1.65. The number of nitrogens with zero attached hydrogens (tertiary/aromatic N) is 4. The van der Waals surface area contributed by atoms with Crippen molar-refractivity contribution in [3.63, 3.8) is 0 Å². The molecule has 0 radical (unpaired) electrons. The average Bonchev–Trinajstić information content (AvgIpc) is 3.07. The summed E-state index contributed by atoms with van der Waals surface area (Å²) in [4.78, 5) is 53.7. The second-order valence-corrected chi connectivity index (χ2v) is 12.3. The molecule has 294 valence electrons. The average molecular weight is 754 g/mol. The van der Waals surface area contributed by atoms with Crippen LogP contribution in [0.2, 0.25) is 0 Å². The van der Waals surface area contributed by atoms with Gasteiger partial charge in [0.15, 0.2) is 0 Å². The molecular weight excluding hydrogens is 707 g/mol. The number of hydrogen-bond acceptors (Lipinski definition) is 15. The number of alkyl halides is 3. The molecule has 2 aliphatic heterocycles. The van der Waals surface area contributed by atoms with Crippen molar-refractivity contribution in [3.05, 3.63) is 29.3 Å². The number of amides is 1. The molecule has 0 bridgehead atoms. The van der Waals surface area contributed by atoms with E-state index in [0.717, 1.165) is 18.4 Å². The van der Waals surface area contributed by atoms with Crippen molar-refractivity contribution in [2.75, 3.05) is 91.7 Å². The number of halogens is 3. The molecule has 2 saturated heterocycles. The van der Waals surface area contributed by atoms with Crippen molar-refractivity contribution in [1.82, 2.24) is 24.9 Å². The quantitative estimate of drug-likeness (QED) is 0.0989. The lowest BCUT2D eigenvalue weighted by Crippen LogP contribution is -2.60. The van der Waals surface area contributed by atoms with Crippen molar-refractivity contribution in [1.29, 1.82) is 0 Å². The smallest absolute Gasteiger partial charge is 0.416 e. The van der Waals surface area contributed by atoms with Crippen LogP contribution >= 0.6 is 0 Å². The zero-order chi connectivity index (χ0) is 38.4. The van der Waals surface area contributed by atoms with E-state index < -0.39 is 85.0 Å². The SMILES string of the molecule is O=CCN1CCN(CCNC(=O)OCc2ccc(OC3OC(CO)C(O)C(O)C3O)cc2C(F)(F)F)CCN(CC(=O)O)CCN(CC(=O)O)CC1. The summed E-state index contributed by atoms with van der Waals surface area (Å²) in [5, 5.41) is 60.5. The summed E-state index contributed by atoms with van der Waals surface area (Å²) in [7, 11) is 0. The van der Waals surface area contributed by atoms with Gasteiger partial charge >= 0.3 is 24.2 Å². The highest BCUT2D eigenvalue weighted by Gasteiger charge is 2.45. The summed E-state index contributed by atoms with van der Waals surface area (Å²) in [6.45, 7) is 0.994. The Hall–Kier alpha value is -3.67. The molecule has 5 unspecified atom stereocenters. The summed E-state index contributed by atoms with van der Waals surface area (Å²) >= 11 is 0. The number of aliphatic hydroxyl groups is 4. The van der Waals surface area contributed by atoms with Crippen LogP contribution in [0.5, 0.6) is 5.75 Å². The molecule has 52 heavy (non-hydrogen) atoms. The number of ether oxygens (including phenoxy) is 3. The highest BCUT2D eigenvalue weighted by atomic mass is 19.4. The molecule has 0 saturated carbocycles. The molecule has 1 amide bonds. The Morgan fingerprint density at radius 3 is 1.94 bits per heavy atom. The van der Waals surface area contributed by atoms with Crippen LogP contribution in [0.4, 0.5) is 18.0 Å². The van der Waals surface area contributed by atoms with Gasteiger partial charge in [-0.25, -0.2) is 4.79 Å². The molecule has 0 spiro atoms. The Kier molecular flexibility index (Phi) is 16.9. The number of carboxylic acid groups (broad SMARTS) is 2. The predicted molar refractivity (Wildman–Crippen MR) is 171 cm³/mol. The summed E-state index contributed by atoms with van der Waals surface area (Å²) in [6.07, 6.45) is -13.6. The normalized spacial score (nSPS) is 25.0. The summed E-state index contributed by atoms with van der Waals surface area (Å²) in [6, 6.07) is 2.66. The lowest BCUT2D eigenvalue weighted by atomic mass is 9.99. The third-order valence-electron chi connectivity index (χ3n) is 8.52. The Morgan fingerprint density at radius 2 is 1.42 bits per heavy atom. The number of benzene rings is 1. The van der Waals surface area contributed by atoms with Crippen LogP contribution in [0.3, 0.4) is 0 Å². The van der Waals surface area contributed by atoms with E-state index >= 15 is 0 Å². The second-order valence-electron chi connectivity index (χ2n) is 12.3. The van der Waals surface area contributed by atoms with Gasteiger partial charge < -0.3 is 55.0 Å². The van der Waals surface area contributed by atoms with E-state index in [-0.39, 0.29) is 45.8 Å². The molecule has 1 aromatic rings. The van der Waals surface area contributed by atoms with E-state index in [4.69, 9.17) is 14.2 Å². The maximum Gasteiger partial charge on any atom is 0.416 e. The van der Waals surface area contributed by atoms with Crippen LogP contribution in [0.1, 0.15) is 11.1 Å². The third kappa shape index (κ3) is 13.7. The number of alkyl carbamates (subject to hydrolysis) is 1. The minimum absolute atomic E-state index is 0.00976. The van der Waals surface area contributed by atoms with Crippen LogP contribution in [0.15, 0.2) is 18.2 Å². The van der Waals surface area contributed by atoms with E-state index in [0.29, 0.717) is 45.3 Å². The van der Waals surface area contributed by atoms with Gasteiger partial charge in [-0.05, 0) is 12.1 Å². The number of hydrogen-bond donors (Lipinski definition) is 7. The van der Waals surface area contributed by atoms with Gasteiger partial charge in [-0.1, -0.05) is 6.07 Å². The van der Waals surface area contributed by atoms with Gasteiger partial charge in [0.05, 0.1) is 31.8 Å². The van der Waals surface area contributed by atoms with Crippen molar-refractivity contribution in [3.8, 4) is 5.75 Å². The van der Waals surface area contributed by atoms with E-state index in [1.54, 1.807) is 9.80 Å². The molecule has 18 nitrogen and oxygen atoms in total. The Morgan fingerprint density at radius 1 is 0.865 bits per heavy atom. The molecular formula is C31H46F3N5O13. The number of carboxylic acids is 2. The monoisotopic (exact) mass is 753 g/mol. The van der Waals surface area contributed by atoms with E-state index in [2.05, 4.69) is 5.32 Å². The maximum atomic E-state index is 14.0.